The molecule has 5 rings (SSSR count). The lowest BCUT2D eigenvalue weighted by Crippen LogP contribution is -2.43. The standard InChI is InChI=1S/C26H27F4N7O2/c1-2-3-20(38)35-7-6-25(14-35)9-18(10-25)37-23(31)21(24(32)39)22(34-37)16-11-33-36(13-16)12-15-8-17(27)4-5-19(15)26(28,29)30/h4-5,8,11,13,18,20,38H,6-7,9-10,12,14,31H2,1H3,(H2,32,39)/t18-,20?,25-. The molecule has 1 aromatic carbocycles. The van der Waals surface area contributed by atoms with Gasteiger partial charge < -0.3 is 16.6 Å². The fourth-order valence-corrected chi connectivity index (χ4v) is 5.73. The minimum atomic E-state index is -4.66. The fourth-order valence-electron chi connectivity index (χ4n) is 5.73. The molecule has 13 heteroatoms. The number of hydrogen-bond acceptors (Lipinski definition) is 6. The van der Waals surface area contributed by atoms with Gasteiger partial charge in [-0.15, -0.1) is 5.92 Å². The van der Waals surface area contributed by atoms with Gasteiger partial charge in [-0.05, 0) is 55.4 Å². The summed E-state index contributed by atoms with van der Waals surface area (Å²) in [4.78, 5) is 14.3. The van der Waals surface area contributed by atoms with E-state index in [4.69, 9.17) is 11.5 Å². The molecule has 1 saturated carbocycles. The van der Waals surface area contributed by atoms with Gasteiger partial charge in [0, 0.05) is 24.8 Å². The van der Waals surface area contributed by atoms with E-state index in [0.29, 0.717) is 18.2 Å². The van der Waals surface area contributed by atoms with Crippen LogP contribution in [0.5, 0.6) is 0 Å². The molecule has 1 unspecified atom stereocenters. The third-order valence-electron chi connectivity index (χ3n) is 7.58. The summed E-state index contributed by atoms with van der Waals surface area (Å²) in [5, 5.41) is 18.9. The first-order valence-electron chi connectivity index (χ1n) is 12.3. The zero-order valence-electron chi connectivity index (χ0n) is 21.0. The van der Waals surface area contributed by atoms with Crippen molar-refractivity contribution in [2.75, 3.05) is 18.8 Å². The summed E-state index contributed by atoms with van der Waals surface area (Å²) in [5.74, 6) is 3.98. The molecule has 2 aliphatic rings. The Balaban J connectivity index is 1.38. The van der Waals surface area contributed by atoms with Gasteiger partial charge in [0.2, 0.25) is 0 Å². The van der Waals surface area contributed by atoms with Crippen LogP contribution in [0.25, 0.3) is 11.3 Å². The van der Waals surface area contributed by atoms with Crippen LogP contribution in [0.4, 0.5) is 23.4 Å². The fraction of sp³-hybridized carbons (Fsp3) is 0.423. The van der Waals surface area contributed by atoms with Crippen molar-refractivity contribution < 1.29 is 27.5 Å². The summed E-state index contributed by atoms with van der Waals surface area (Å²) in [6.07, 6.45) is -0.363. The molecule has 1 atom stereocenters. The van der Waals surface area contributed by atoms with Gasteiger partial charge in [-0.1, -0.05) is 5.92 Å². The lowest BCUT2D eigenvalue weighted by Gasteiger charge is -2.45. The molecule has 0 radical (unpaired) electrons. The number of rotatable bonds is 6. The summed E-state index contributed by atoms with van der Waals surface area (Å²) in [6.45, 7) is 2.72. The third kappa shape index (κ3) is 4.97. The number of nitrogen functional groups attached to an aromatic ring is 1. The van der Waals surface area contributed by atoms with Crippen molar-refractivity contribution in [2.45, 2.75) is 51.2 Å². The number of aliphatic hydroxyl groups excluding tert-OH is 1. The molecule has 3 heterocycles. The first kappa shape index (κ1) is 26.7. The van der Waals surface area contributed by atoms with Crippen LogP contribution >= 0.6 is 0 Å². The van der Waals surface area contributed by atoms with Crippen LogP contribution in [0.2, 0.25) is 0 Å². The quantitative estimate of drug-likeness (QED) is 0.323. The number of nitrogens with two attached hydrogens (primary N) is 2. The van der Waals surface area contributed by atoms with Crippen molar-refractivity contribution >= 4 is 11.7 Å². The molecule has 5 N–H and O–H groups in total. The number of amides is 1. The van der Waals surface area contributed by atoms with Crippen LogP contribution in [0.3, 0.4) is 0 Å². The van der Waals surface area contributed by atoms with E-state index in [2.05, 4.69) is 22.0 Å². The number of nitrogens with zero attached hydrogens (tertiary/aromatic N) is 5. The van der Waals surface area contributed by atoms with Crippen LogP contribution in [0.15, 0.2) is 30.6 Å². The Labute approximate surface area is 221 Å². The molecule has 2 fully saturated rings. The van der Waals surface area contributed by atoms with Crippen molar-refractivity contribution in [2.24, 2.45) is 11.1 Å². The van der Waals surface area contributed by atoms with E-state index in [-0.39, 0.29) is 40.6 Å². The maximum atomic E-state index is 13.7. The van der Waals surface area contributed by atoms with E-state index >= 15 is 0 Å². The van der Waals surface area contributed by atoms with Crippen LogP contribution in [0, 0.1) is 23.1 Å². The van der Waals surface area contributed by atoms with E-state index < -0.39 is 29.7 Å². The van der Waals surface area contributed by atoms with Crippen molar-refractivity contribution in [1.29, 1.82) is 0 Å². The number of likely N-dealkylation sites (tertiary alicyclic amines) is 1. The van der Waals surface area contributed by atoms with Crippen LogP contribution < -0.4 is 11.5 Å². The first-order valence-corrected chi connectivity index (χ1v) is 12.3. The second kappa shape index (κ2) is 9.69. The number of carbonyl (C=O) groups is 1. The van der Waals surface area contributed by atoms with Crippen molar-refractivity contribution in [3.8, 4) is 23.1 Å². The van der Waals surface area contributed by atoms with E-state index in [1.807, 2.05) is 4.90 Å². The molecule has 1 aliphatic heterocycles. The van der Waals surface area contributed by atoms with Crippen LogP contribution in [-0.2, 0) is 12.7 Å². The Bertz CT molecular complexity index is 1480. The highest BCUT2D eigenvalue weighted by Gasteiger charge is 2.51. The predicted molar refractivity (Wildman–Crippen MR) is 133 cm³/mol. The Kier molecular flexibility index (Phi) is 6.64. The molecule has 206 valence electrons. The molecule has 0 bridgehead atoms. The zero-order valence-corrected chi connectivity index (χ0v) is 21.0. The maximum absolute atomic E-state index is 13.7. The second-order valence-electron chi connectivity index (χ2n) is 10.2. The average Bonchev–Trinajstić information content (AvgIpc) is 3.54. The monoisotopic (exact) mass is 545 g/mol. The maximum Gasteiger partial charge on any atom is 0.416 e. The van der Waals surface area contributed by atoms with Crippen molar-refractivity contribution in [3.63, 3.8) is 0 Å². The number of primary amides is 1. The molecule has 39 heavy (non-hydrogen) atoms. The van der Waals surface area contributed by atoms with Gasteiger partial charge in [-0.3, -0.25) is 14.4 Å². The van der Waals surface area contributed by atoms with Gasteiger partial charge in [0.1, 0.15) is 22.9 Å². The Morgan fingerprint density at radius 2 is 2.08 bits per heavy atom. The second-order valence-corrected chi connectivity index (χ2v) is 10.2. The summed E-state index contributed by atoms with van der Waals surface area (Å²) in [7, 11) is 0. The highest BCUT2D eigenvalue weighted by Crippen LogP contribution is 2.55. The molecule has 3 aromatic rings. The van der Waals surface area contributed by atoms with Gasteiger partial charge in [0.15, 0.2) is 6.23 Å². The highest BCUT2D eigenvalue weighted by atomic mass is 19.4. The Hall–Kier alpha value is -3.89. The number of alkyl halides is 3. The summed E-state index contributed by atoms with van der Waals surface area (Å²) in [6, 6.07) is 2.17. The van der Waals surface area contributed by atoms with E-state index in [9.17, 15) is 27.5 Å². The molecular weight excluding hydrogens is 518 g/mol. The lowest BCUT2D eigenvalue weighted by molar-refractivity contribution is -0.138. The van der Waals surface area contributed by atoms with Crippen LogP contribution in [-0.4, -0.2) is 54.8 Å². The smallest absolute Gasteiger partial charge is 0.383 e. The summed E-state index contributed by atoms with van der Waals surface area (Å²) in [5.41, 5.74) is 11.2. The molecule has 1 spiro atoms. The van der Waals surface area contributed by atoms with Gasteiger partial charge in [0.25, 0.3) is 5.91 Å². The number of carbonyl (C=O) groups excluding carboxylic acids is 1. The van der Waals surface area contributed by atoms with Crippen molar-refractivity contribution in [1.82, 2.24) is 24.5 Å². The number of halogens is 4. The molecule has 9 nitrogen and oxygen atoms in total. The molecule has 1 aliphatic carbocycles. The lowest BCUT2D eigenvalue weighted by atomic mass is 9.65. The van der Waals surface area contributed by atoms with E-state index in [1.54, 1.807) is 11.6 Å². The summed E-state index contributed by atoms with van der Waals surface area (Å²) < 4.78 is 56.7. The minimum Gasteiger partial charge on any atom is -0.383 e. The zero-order chi connectivity index (χ0) is 28.1. The molecular formula is C26H27F4N7O2. The Morgan fingerprint density at radius 1 is 1.33 bits per heavy atom. The van der Waals surface area contributed by atoms with Gasteiger partial charge in [-0.25, -0.2) is 9.07 Å². The Morgan fingerprint density at radius 3 is 2.74 bits per heavy atom. The topological polar surface area (TPSA) is 128 Å². The summed E-state index contributed by atoms with van der Waals surface area (Å²) >= 11 is 0. The first-order chi connectivity index (χ1) is 18.4. The van der Waals surface area contributed by atoms with E-state index in [0.717, 1.165) is 37.9 Å². The predicted octanol–water partition coefficient (Wildman–Crippen LogP) is 3.00. The number of aliphatic hydroxyl groups is 1. The number of benzene rings is 1. The van der Waals surface area contributed by atoms with Gasteiger partial charge >= 0.3 is 6.18 Å². The minimum absolute atomic E-state index is 0.000994. The van der Waals surface area contributed by atoms with Gasteiger partial charge in [-0.2, -0.15) is 23.4 Å². The van der Waals surface area contributed by atoms with Crippen LogP contribution in [0.1, 0.15) is 53.7 Å². The highest BCUT2D eigenvalue weighted by molar-refractivity contribution is 6.03. The number of aromatic nitrogens is 4. The number of anilines is 1. The molecule has 2 aromatic heterocycles. The SMILES string of the molecule is CC#CC(O)N1CC[C@]2(C1)C[C@H](n1nc(-c3cnn(Cc4cc(F)ccc4C(F)(F)F)c3)c(C(N)=O)c1N)C2. The third-order valence-corrected chi connectivity index (χ3v) is 7.58. The molecule has 1 saturated heterocycles. The normalized spacial score (nSPS) is 21.9. The van der Waals surface area contributed by atoms with Crippen molar-refractivity contribution in [3.05, 3.63) is 53.1 Å². The molecule has 1 amide bonds. The van der Waals surface area contributed by atoms with Gasteiger partial charge in [0.05, 0.1) is 24.3 Å². The average molecular weight is 546 g/mol. The largest absolute Gasteiger partial charge is 0.416 e. The number of hydrogen-bond donors (Lipinski definition) is 3. The van der Waals surface area contributed by atoms with E-state index in [1.165, 1.54) is 17.1 Å².